The van der Waals surface area contributed by atoms with E-state index < -0.39 is 12.2 Å². The summed E-state index contributed by atoms with van der Waals surface area (Å²) in [5.41, 5.74) is 1.71. The van der Waals surface area contributed by atoms with Gasteiger partial charge < -0.3 is 20.1 Å². The van der Waals surface area contributed by atoms with E-state index >= 15 is 0 Å². The van der Waals surface area contributed by atoms with E-state index in [0.29, 0.717) is 52.5 Å². The molecule has 2 saturated heterocycles. The van der Waals surface area contributed by atoms with E-state index in [1.165, 1.54) is 13.4 Å². The Morgan fingerprint density at radius 3 is 2.84 bits per heavy atom. The summed E-state index contributed by atoms with van der Waals surface area (Å²) in [7, 11) is 1.50. The van der Waals surface area contributed by atoms with Gasteiger partial charge in [0.1, 0.15) is 12.2 Å². The maximum atomic E-state index is 12.5. The summed E-state index contributed by atoms with van der Waals surface area (Å²) in [4.78, 5) is 19.6. The number of ketones is 1. The fraction of sp³-hybridized carbons (Fsp3) is 0.565. The number of methoxy groups -OCH3 is 1. The topological polar surface area (TPSA) is 103 Å². The molecule has 4 rings (SSSR count). The highest BCUT2D eigenvalue weighted by Gasteiger charge is 2.53. The van der Waals surface area contributed by atoms with Crippen LogP contribution in [0.3, 0.4) is 0 Å². The zero-order valence-electron chi connectivity index (χ0n) is 17.8. The molecule has 168 valence electrons. The Hall–Kier alpha value is -1.77. The summed E-state index contributed by atoms with van der Waals surface area (Å²) in [6, 6.07) is 3.25. The number of benzene rings is 1. The first kappa shape index (κ1) is 22.4. The lowest BCUT2D eigenvalue weighted by Gasteiger charge is -2.50. The molecular weight excluding hydrogens is 420 g/mol. The van der Waals surface area contributed by atoms with Crippen molar-refractivity contribution in [2.75, 3.05) is 26.8 Å². The van der Waals surface area contributed by atoms with Crippen molar-refractivity contribution in [2.45, 2.75) is 44.4 Å². The fourth-order valence-corrected chi connectivity index (χ4v) is 5.87. The van der Waals surface area contributed by atoms with Crippen molar-refractivity contribution < 1.29 is 24.9 Å². The summed E-state index contributed by atoms with van der Waals surface area (Å²) < 4.78 is 5.18. The SMILES string of the molecule is CC[C@@H]1CN2CC[C@@]3(O)C(=Nc4cc(Cl)cc(CO)c43)[C@@H]2C[C@@H]1/C(=C\OC)C(=O)CO. The Morgan fingerprint density at radius 2 is 2.19 bits per heavy atom. The zero-order valence-corrected chi connectivity index (χ0v) is 18.6. The molecule has 0 unspecified atom stereocenters. The summed E-state index contributed by atoms with van der Waals surface area (Å²) in [5.74, 6) is -0.220. The molecule has 3 heterocycles. The second-order valence-electron chi connectivity index (χ2n) is 8.64. The summed E-state index contributed by atoms with van der Waals surface area (Å²) in [6.45, 7) is 2.77. The highest BCUT2D eigenvalue weighted by atomic mass is 35.5. The number of hydrogen-bond acceptors (Lipinski definition) is 7. The van der Waals surface area contributed by atoms with Crippen molar-refractivity contribution in [1.82, 2.24) is 4.90 Å². The molecule has 0 aromatic heterocycles. The van der Waals surface area contributed by atoms with Crippen LogP contribution in [-0.4, -0.2) is 64.6 Å². The van der Waals surface area contributed by atoms with Crippen molar-refractivity contribution in [1.29, 1.82) is 0 Å². The normalized spacial score (nSPS) is 30.3. The number of fused-ring (bicyclic) bond motifs is 5. The number of hydrogen-bond donors (Lipinski definition) is 3. The van der Waals surface area contributed by atoms with Gasteiger partial charge in [0.05, 0.1) is 37.4 Å². The first-order valence-corrected chi connectivity index (χ1v) is 11.1. The number of nitrogens with zero attached hydrogens (tertiary/aromatic N) is 2. The Labute approximate surface area is 187 Å². The smallest absolute Gasteiger partial charge is 0.187 e. The van der Waals surface area contributed by atoms with Gasteiger partial charge in [-0.1, -0.05) is 24.9 Å². The second-order valence-corrected chi connectivity index (χ2v) is 9.07. The van der Waals surface area contributed by atoms with E-state index in [1.807, 2.05) is 0 Å². The molecule has 1 aromatic rings. The van der Waals surface area contributed by atoms with Crippen molar-refractivity contribution in [3.8, 4) is 0 Å². The molecular formula is C23H29ClN2O5. The fourth-order valence-electron chi connectivity index (χ4n) is 5.64. The van der Waals surface area contributed by atoms with Gasteiger partial charge in [0.15, 0.2) is 5.78 Å². The van der Waals surface area contributed by atoms with E-state index in [-0.39, 0.29) is 30.3 Å². The predicted octanol–water partition coefficient (Wildman–Crippen LogP) is 2.32. The van der Waals surface area contributed by atoms with Crippen LogP contribution in [0.5, 0.6) is 0 Å². The summed E-state index contributed by atoms with van der Waals surface area (Å²) in [6.07, 6.45) is 3.42. The van der Waals surface area contributed by atoms with Crippen LogP contribution in [0.1, 0.15) is 37.3 Å². The Morgan fingerprint density at radius 1 is 1.42 bits per heavy atom. The van der Waals surface area contributed by atoms with Gasteiger partial charge >= 0.3 is 0 Å². The van der Waals surface area contributed by atoms with Gasteiger partial charge in [-0.15, -0.1) is 0 Å². The lowest BCUT2D eigenvalue weighted by atomic mass is 9.69. The number of aliphatic imine (C=N–C) groups is 1. The standard InChI is InChI=1S/C23H29ClN2O5/c1-3-13-9-26-5-4-23(30)21-14(10-27)6-15(24)7-18(21)25-22(23)19(26)8-16(13)17(12-31-2)20(29)11-28/h6-7,12-13,16,19,27-28,30H,3-5,8-11H2,1-2H3/b17-12+/t13-,16+,19+,23+/m1/s1. The molecule has 1 aromatic carbocycles. The van der Waals surface area contributed by atoms with Crippen molar-refractivity contribution in [2.24, 2.45) is 16.8 Å². The Bertz CT molecular complexity index is 946. The van der Waals surface area contributed by atoms with Crippen LogP contribution in [0.4, 0.5) is 5.69 Å². The lowest BCUT2D eigenvalue weighted by molar-refractivity contribution is -0.119. The van der Waals surface area contributed by atoms with Crippen LogP contribution in [0.15, 0.2) is 29.0 Å². The molecule has 0 bridgehead atoms. The van der Waals surface area contributed by atoms with Gasteiger partial charge in [-0.05, 0) is 42.4 Å². The van der Waals surface area contributed by atoms with Gasteiger partial charge in [-0.25, -0.2) is 0 Å². The quantitative estimate of drug-likeness (QED) is 0.456. The first-order chi connectivity index (χ1) is 14.9. The number of aliphatic hydroxyl groups excluding tert-OH is 2. The molecule has 0 radical (unpaired) electrons. The molecule has 3 aliphatic heterocycles. The molecule has 31 heavy (non-hydrogen) atoms. The van der Waals surface area contributed by atoms with Gasteiger partial charge in [0.25, 0.3) is 0 Å². The molecule has 4 atom stereocenters. The van der Waals surface area contributed by atoms with Crippen molar-refractivity contribution >= 4 is 28.8 Å². The van der Waals surface area contributed by atoms with Crippen LogP contribution in [0.25, 0.3) is 0 Å². The van der Waals surface area contributed by atoms with E-state index in [2.05, 4.69) is 11.8 Å². The minimum atomic E-state index is -1.26. The minimum Gasteiger partial charge on any atom is -0.504 e. The van der Waals surface area contributed by atoms with Gasteiger partial charge in [-0.3, -0.25) is 14.7 Å². The zero-order chi connectivity index (χ0) is 22.3. The summed E-state index contributed by atoms with van der Waals surface area (Å²) in [5, 5.41) is 31.6. The molecule has 0 saturated carbocycles. The molecule has 2 fully saturated rings. The monoisotopic (exact) mass is 448 g/mol. The Balaban J connectivity index is 1.74. The number of piperidine rings is 2. The largest absolute Gasteiger partial charge is 0.504 e. The van der Waals surface area contributed by atoms with Crippen molar-refractivity contribution in [3.05, 3.63) is 40.1 Å². The Kier molecular flexibility index (Phi) is 6.25. The molecule has 0 amide bonds. The summed E-state index contributed by atoms with van der Waals surface area (Å²) >= 11 is 6.22. The average molecular weight is 449 g/mol. The molecule has 3 aliphatic rings. The third-order valence-corrected chi connectivity index (χ3v) is 7.30. The van der Waals surface area contributed by atoms with Gasteiger partial charge in [0.2, 0.25) is 0 Å². The first-order valence-electron chi connectivity index (χ1n) is 10.7. The highest BCUT2D eigenvalue weighted by molar-refractivity contribution is 6.31. The number of rotatable bonds is 6. The number of carbonyl (C=O) groups excluding carboxylic acids is 1. The average Bonchev–Trinajstić information content (AvgIpc) is 3.08. The van der Waals surface area contributed by atoms with E-state index in [4.69, 9.17) is 21.3 Å². The van der Waals surface area contributed by atoms with Gasteiger partial charge in [-0.2, -0.15) is 0 Å². The van der Waals surface area contributed by atoms with E-state index in [0.717, 1.165) is 13.0 Å². The molecule has 8 heteroatoms. The number of ether oxygens (including phenoxy) is 1. The lowest BCUT2D eigenvalue weighted by Crippen LogP contribution is -2.60. The molecule has 7 nitrogen and oxygen atoms in total. The molecule has 3 N–H and O–H groups in total. The maximum Gasteiger partial charge on any atom is 0.187 e. The van der Waals surface area contributed by atoms with Crippen LogP contribution >= 0.6 is 11.6 Å². The van der Waals surface area contributed by atoms with Crippen LogP contribution in [0, 0.1) is 11.8 Å². The predicted molar refractivity (Wildman–Crippen MR) is 117 cm³/mol. The maximum absolute atomic E-state index is 12.5. The van der Waals surface area contributed by atoms with Crippen molar-refractivity contribution in [3.63, 3.8) is 0 Å². The minimum absolute atomic E-state index is 0.111. The number of aliphatic hydroxyl groups is 3. The van der Waals surface area contributed by atoms with E-state index in [1.54, 1.807) is 12.1 Å². The molecule has 0 spiro atoms. The number of Topliss-reactive ketones (excluding diaryl/α,β-unsaturated/α-hetero) is 1. The number of carbonyl (C=O) groups is 1. The molecule has 0 aliphatic carbocycles. The highest BCUT2D eigenvalue weighted by Crippen LogP contribution is 2.50. The van der Waals surface area contributed by atoms with Crippen LogP contribution in [0.2, 0.25) is 5.02 Å². The van der Waals surface area contributed by atoms with Crippen LogP contribution in [-0.2, 0) is 21.7 Å². The van der Waals surface area contributed by atoms with Crippen LogP contribution < -0.4 is 0 Å². The second kappa shape index (κ2) is 8.64. The third-order valence-electron chi connectivity index (χ3n) is 7.08. The van der Waals surface area contributed by atoms with Gasteiger partial charge in [0, 0.05) is 29.2 Å². The third kappa shape index (κ3) is 3.62. The van der Waals surface area contributed by atoms with E-state index in [9.17, 15) is 20.1 Å². The number of halogens is 1.